The molecule has 6 heteroatoms. The number of para-hydroxylation sites is 1. The molecule has 0 amide bonds. The summed E-state index contributed by atoms with van der Waals surface area (Å²) in [6.07, 6.45) is -1.49. The minimum absolute atomic E-state index is 0.00281. The quantitative estimate of drug-likeness (QED) is 0.436. The van der Waals surface area contributed by atoms with Gasteiger partial charge < -0.3 is 25.2 Å². The summed E-state index contributed by atoms with van der Waals surface area (Å²) in [6.45, 7) is 1.50. The van der Waals surface area contributed by atoms with E-state index in [0.29, 0.717) is 0 Å². The monoisotopic (exact) mass is 242 g/mol. The van der Waals surface area contributed by atoms with Gasteiger partial charge in [-0.25, -0.2) is 4.79 Å². The molecule has 0 spiro atoms. The molecule has 0 heterocycles. The van der Waals surface area contributed by atoms with Gasteiger partial charge in [0.1, 0.15) is 11.3 Å². The lowest BCUT2D eigenvalue weighted by molar-refractivity contribution is -0.353. The van der Waals surface area contributed by atoms with E-state index in [2.05, 4.69) is 4.74 Å². The van der Waals surface area contributed by atoms with E-state index in [-0.39, 0.29) is 17.7 Å². The highest BCUT2D eigenvalue weighted by Gasteiger charge is 2.34. The van der Waals surface area contributed by atoms with Crippen molar-refractivity contribution >= 4 is 5.97 Å². The van der Waals surface area contributed by atoms with Crippen LogP contribution in [0.15, 0.2) is 24.3 Å². The number of hydrogen-bond acceptors (Lipinski definition) is 6. The van der Waals surface area contributed by atoms with Crippen molar-refractivity contribution in [2.24, 2.45) is 0 Å². The van der Waals surface area contributed by atoms with Crippen molar-refractivity contribution in [3.8, 4) is 5.75 Å². The van der Waals surface area contributed by atoms with Gasteiger partial charge in [0.2, 0.25) is 0 Å². The topological polar surface area (TPSA) is 107 Å². The number of ether oxygens (including phenoxy) is 1. The second kappa shape index (κ2) is 5.13. The number of phenols is 1. The van der Waals surface area contributed by atoms with Crippen LogP contribution in [0, 0.1) is 0 Å². The molecule has 1 rings (SSSR count). The van der Waals surface area contributed by atoms with E-state index in [1.54, 1.807) is 0 Å². The predicted molar refractivity (Wildman–Crippen MR) is 57.0 cm³/mol. The zero-order valence-corrected chi connectivity index (χ0v) is 9.20. The second-order valence-electron chi connectivity index (χ2n) is 3.51. The Balaban J connectivity index is 2.83. The minimum Gasteiger partial charge on any atom is -0.507 e. The largest absolute Gasteiger partial charge is 0.507 e. The van der Waals surface area contributed by atoms with Crippen molar-refractivity contribution in [1.29, 1.82) is 0 Å². The molecule has 0 bridgehead atoms. The molecule has 1 atom stereocenters. The predicted octanol–water partition coefficient (Wildman–Crippen LogP) is -0.0417. The van der Waals surface area contributed by atoms with Gasteiger partial charge in [-0.15, -0.1) is 0 Å². The van der Waals surface area contributed by atoms with Gasteiger partial charge in [0.25, 0.3) is 0 Å². The van der Waals surface area contributed by atoms with Crippen molar-refractivity contribution in [2.45, 2.75) is 25.4 Å². The summed E-state index contributed by atoms with van der Waals surface area (Å²) in [5.41, 5.74) is -0.116. The number of carbonyl (C=O) groups is 1. The first-order chi connectivity index (χ1) is 7.86. The van der Waals surface area contributed by atoms with Crippen molar-refractivity contribution in [2.75, 3.05) is 0 Å². The Morgan fingerprint density at radius 1 is 1.35 bits per heavy atom. The molecule has 17 heavy (non-hydrogen) atoms. The van der Waals surface area contributed by atoms with Crippen LogP contribution in [0.4, 0.5) is 0 Å². The minimum atomic E-state index is -3.10. The van der Waals surface area contributed by atoms with Gasteiger partial charge in [-0.3, -0.25) is 0 Å². The van der Waals surface area contributed by atoms with Crippen LogP contribution in [0.2, 0.25) is 0 Å². The zero-order valence-electron chi connectivity index (χ0n) is 9.20. The van der Waals surface area contributed by atoms with Crippen LogP contribution < -0.4 is 0 Å². The summed E-state index contributed by atoms with van der Waals surface area (Å²) in [5.74, 6) is -4.34. The fraction of sp³-hybridized carbons (Fsp3) is 0.364. The third kappa shape index (κ3) is 3.42. The number of carbonyl (C=O) groups excluding carboxylic acids is 1. The number of hydrogen-bond donors (Lipinski definition) is 4. The standard InChI is InChI=1S/C11H14O6/c1-2-9(11(14,15)16)17-10(13)7-5-3-4-6-8(7)12/h3-6,9,12,14-16H,2H2,1H3. The van der Waals surface area contributed by atoms with Crippen LogP contribution in [0.3, 0.4) is 0 Å². The van der Waals surface area contributed by atoms with E-state index >= 15 is 0 Å². The number of aromatic hydroxyl groups is 1. The molecule has 0 fully saturated rings. The molecule has 0 radical (unpaired) electrons. The van der Waals surface area contributed by atoms with Gasteiger partial charge in [0.05, 0.1) is 0 Å². The fourth-order valence-electron chi connectivity index (χ4n) is 1.28. The lowest BCUT2D eigenvalue weighted by Crippen LogP contribution is -2.44. The molecule has 0 saturated carbocycles. The number of aliphatic hydroxyl groups is 3. The van der Waals surface area contributed by atoms with Gasteiger partial charge >= 0.3 is 11.9 Å². The van der Waals surface area contributed by atoms with Gasteiger partial charge in [-0.2, -0.15) is 0 Å². The normalized spacial score (nSPS) is 13.2. The van der Waals surface area contributed by atoms with Gasteiger partial charge in [0, 0.05) is 0 Å². The molecule has 1 aromatic carbocycles. The van der Waals surface area contributed by atoms with E-state index in [1.165, 1.54) is 31.2 Å². The maximum atomic E-state index is 11.6. The second-order valence-corrected chi connectivity index (χ2v) is 3.51. The van der Waals surface area contributed by atoms with E-state index in [9.17, 15) is 9.90 Å². The molecule has 6 nitrogen and oxygen atoms in total. The SMILES string of the molecule is CCC(OC(=O)c1ccccc1O)C(O)(O)O. The molecule has 0 aliphatic heterocycles. The molecule has 0 saturated heterocycles. The number of rotatable bonds is 4. The van der Waals surface area contributed by atoms with E-state index in [0.717, 1.165) is 0 Å². The summed E-state index contributed by atoms with van der Waals surface area (Å²) < 4.78 is 4.68. The molecule has 1 aromatic rings. The molecule has 4 N–H and O–H groups in total. The van der Waals surface area contributed by atoms with Crippen molar-refractivity contribution in [3.63, 3.8) is 0 Å². The van der Waals surface area contributed by atoms with Crippen LogP contribution in [0.5, 0.6) is 5.75 Å². The van der Waals surface area contributed by atoms with E-state index in [4.69, 9.17) is 15.3 Å². The average molecular weight is 242 g/mol. The Morgan fingerprint density at radius 3 is 2.41 bits per heavy atom. The van der Waals surface area contributed by atoms with Gasteiger partial charge in [-0.05, 0) is 18.6 Å². The van der Waals surface area contributed by atoms with Gasteiger partial charge in [-0.1, -0.05) is 19.1 Å². The maximum Gasteiger partial charge on any atom is 0.342 e. The molecule has 94 valence electrons. The molecular weight excluding hydrogens is 228 g/mol. The molecule has 0 aromatic heterocycles. The molecule has 0 aliphatic carbocycles. The fourth-order valence-corrected chi connectivity index (χ4v) is 1.28. The summed E-state index contributed by atoms with van der Waals surface area (Å²) in [5, 5.41) is 36.1. The third-order valence-corrected chi connectivity index (χ3v) is 2.18. The Hall–Kier alpha value is -1.63. The first kappa shape index (κ1) is 13.4. The first-order valence-electron chi connectivity index (χ1n) is 5.02. The van der Waals surface area contributed by atoms with Crippen LogP contribution in [0.25, 0.3) is 0 Å². The summed E-state index contributed by atoms with van der Waals surface area (Å²) in [7, 11) is 0. The Bertz CT molecular complexity index is 395. The van der Waals surface area contributed by atoms with Crippen molar-refractivity contribution < 1.29 is 30.0 Å². The highest BCUT2D eigenvalue weighted by atomic mass is 16.7. The molecular formula is C11H14O6. The number of phenolic OH excluding ortho intramolecular Hbond substituents is 1. The van der Waals surface area contributed by atoms with Crippen molar-refractivity contribution in [1.82, 2.24) is 0 Å². The van der Waals surface area contributed by atoms with E-state index in [1.807, 2.05) is 0 Å². The average Bonchev–Trinajstić information content (AvgIpc) is 2.24. The Morgan fingerprint density at radius 2 is 1.94 bits per heavy atom. The Kier molecular flexibility index (Phi) is 4.06. The summed E-state index contributed by atoms with van der Waals surface area (Å²) >= 11 is 0. The number of esters is 1. The zero-order chi connectivity index (χ0) is 13.1. The van der Waals surface area contributed by atoms with Crippen LogP contribution in [0.1, 0.15) is 23.7 Å². The molecule has 0 aliphatic rings. The highest BCUT2D eigenvalue weighted by Crippen LogP contribution is 2.19. The third-order valence-electron chi connectivity index (χ3n) is 2.18. The van der Waals surface area contributed by atoms with Gasteiger partial charge in [0.15, 0.2) is 6.10 Å². The lowest BCUT2D eigenvalue weighted by atomic mass is 10.2. The Labute approximate surface area is 97.7 Å². The van der Waals surface area contributed by atoms with Crippen LogP contribution in [-0.2, 0) is 4.74 Å². The smallest absolute Gasteiger partial charge is 0.342 e. The number of benzene rings is 1. The van der Waals surface area contributed by atoms with Crippen molar-refractivity contribution in [3.05, 3.63) is 29.8 Å². The van der Waals surface area contributed by atoms with E-state index < -0.39 is 18.0 Å². The highest BCUT2D eigenvalue weighted by molar-refractivity contribution is 5.92. The van der Waals surface area contributed by atoms with Crippen LogP contribution >= 0.6 is 0 Å². The summed E-state index contributed by atoms with van der Waals surface area (Å²) in [6, 6.07) is 5.65. The maximum absolute atomic E-state index is 11.6. The molecule has 1 unspecified atom stereocenters. The first-order valence-corrected chi connectivity index (χ1v) is 5.02. The lowest BCUT2D eigenvalue weighted by Gasteiger charge is -2.24. The summed E-state index contributed by atoms with van der Waals surface area (Å²) in [4.78, 5) is 11.6. The van der Waals surface area contributed by atoms with Crippen LogP contribution in [-0.4, -0.2) is 38.5 Å².